The molecule has 0 aliphatic rings. The molecule has 0 aromatic heterocycles. The van der Waals surface area contributed by atoms with Gasteiger partial charge in [-0.2, -0.15) is 0 Å². The first kappa shape index (κ1) is 13.8. The van der Waals surface area contributed by atoms with Gasteiger partial charge in [0, 0.05) is 22.1 Å². The van der Waals surface area contributed by atoms with E-state index < -0.39 is 6.10 Å². The first-order chi connectivity index (χ1) is 7.41. The van der Waals surface area contributed by atoms with Crippen LogP contribution >= 0.6 is 23.2 Å². The SMILES string of the molecule is CC(NC(C)C(C)O)c1ccc(Cl)cc1Cl. The smallest absolute Gasteiger partial charge is 0.0662 e. The number of hydrogen-bond acceptors (Lipinski definition) is 2. The van der Waals surface area contributed by atoms with E-state index in [-0.39, 0.29) is 12.1 Å². The summed E-state index contributed by atoms with van der Waals surface area (Å²) in [5.74, 6) is 0. The van der Waals surface area contributed by atoms with Gasteiger partial charge in [0.15, 0.2) is 0 Å². The number of aliphatic hydroxyl groups excluding tert-OH is 1. The molecule has 0 radical (unpaired) electrons. The minimum absolute atomic E-state index is 0.0155. The van der Waals surface area contributed by atoms with Crippen LogP contribution in [0.4, 0.5) is 0 Å². The summed E-state index contributed by atoms with van der Waals surface area (Å²) in [6.45, 7) is 5.70. The Bertz CT molecular complexity index is 355. The maximum Gasteiger partial charge on any atom is 0.0662 e. The Morgan fingerprint density at radius 2 is 1.81 bits per heavy atom. The van der Waals surface area contributed by atoms with E-state index in [9.17, 15) is 5.11 Å². The molecule has 90 valence electrons. The summed E-state index contributed by atoms with van der Waals surface area (Å²) in [6, 6.07) is 5.53. The average molecular weight is 262 g/mol. The fourth-order valence-electron chi connectivity index (χ4n) is 1.48. The van der Waals surface area contributed by atoms with Gasteiger partial charge in [0.1, 0.15) is 0 Å². The van der Waals surface area contributed by atoms with Crippen molar-refractivity contribution in [1.29, 1.82) is 0 Å². The molecule has 2 N–H and O–H groups in total. The highest BCUT2D eigenvalue weighted by Gasteiger charge is 2.15. The van der Waals surface area contributed by atoms with Crippen LogP contribution in [-0.2, 0) is 0 Å². The highest BCUT2D eigenvalue weighted by atomic mass is 35.5. The van der Waals surface area contributed by atoms with Crippen LogP contribution in [0.3, 0.4) is 0 Å². The van der Waals surface area contributed by atoms with Gasteiger partial charge in [-0.1, -0.05) is 29.3 Å². The summed E-state index contributed by atoms with van der Waals surface area (Å²) in [6.07, 6.45) is -0.395. The van der Waals surface area contributed by atoms with Crippen molar-refractivity contribution < 1.29 is 5.11 Å². The van der Waals surface area contributed by atoms with E-state index in [0.717, 1.165) is 5.56 Å². The zero-order valence-corrected chi connectivity index (χ0v) is 11.2. The zero-order chi connectivity index (χ0) is 12.3. The van der Waals surface area contributed by atoms with E-state index in [1.807, 2.05) is 26.0 Å². The Balaban J connectivity index is 2.76. The van der Waals surface area contributed by atoms with Crippen LogP contribution in [0.5, 0.6) is 0 Å². The second-order valence-corrected chi connectivity index (χ2v) is 4.93. The van der Waals surface area contributed by atoms with Crippen molar-refractivity contribution in [2.75, 3.05) is 0 Å². The molecule has 1 rings (SSSR count). The van der Waals surface area contributed by atoms with Crippen LogP contribution in [0.25, 0.3) is 0 Å². The zero-order valence-electron chi connectivity index (χ0n) is 9.67. The number of nitrogens with one attached hydrogen (secondary N) is 1. The van der Waals surface area contributed by atoms with Gasteiger partial charge in [0.2, 0.25) is 0 Å². The van der Waals surface area contributed by atoms with Gasteiger partial charge in [-0.3, -0.25) is 0 Å². The molecule has 0 aliphatic carbocycles. The van der Waals surface area contributed by atoms with Crippen LogP contribution in [0.2, 0.25) is 10.0 Å². The van der Waals surface area contributed by atoms with E-state index in [4.69, 9.17) is 23.2 Å². The summed E-state index contributed by atoms with van der Waals surface area (Å²) in [5, 5.41) is 14.0. The van der Waals surface area contributed by atoms with Crippen molar-refractivity contribution >= 4 is 23.2 Å². The molecule has 3 unspecified atom stereocenters. The standard InChI is InChI=1S/C12H17Cl2NO/c1-7(9(3)16)15-8(2)11-5-4-10(13)6-12(11)14/h4-9,15-16H,1-3H3. The lowest BCUT2D eigenvalue weighted by atomic mass is 10.1. The Hall–Kier alpha value is -0.280. The topological polar surface area (TPSA) is 32.3 Å². The average Bonchev–Trinajstić information content (AvgIpc) is 2.16. The van der Waals surface area contributed by atoms with E-state index in [1.54, 1.807) is 13.0 Å². The van der Waals surface area contributed by atoms with Gasteiger partial charge in [-0.15, -0.1) is 0 Å². The van der Waals surface area contributed by atoms with Gasteiger partial charge in [0.05, 0.1) is 6.10 Å². The Labute approximate surface area is 107 Å². The van der Waals surface area contributed by atoms with Gasteiger partial charge >= 0.3 is 0 Å². The van der Waals surface area contributed by atoms with Gasteiger partial charge in [-0.25, -0.2) is 0 Å². The monoisotopic (exact) mass is 261 g/mol. The normalized spacial score (nSPS) is 16.9. The van der Waals surface area contributed by atoms with Crippen molar-refractivity contribution in [1.82, 2.24) is 5.32 Å². The molecule has 0 spiro atoms. The fourth-order valence-corrected chi connectivity index (χ4v) is 2.05. The van der Waals surface area contributed by atoms with E-state index >= 15 is 0 Å². The molecule has 1 aromatic rings. The van der Waals surface area contributed by atoms with Crippen LogP contribution in [0.15, 0.2) is 18.2 Å². The third-order valence-electron chi connectivity index (χ3n) is 2.67. The minimum Gasteiger partial charge on any atom is -0.392 e. The van der Waals surface area contributed by atoms with Crippen LogP contribution < -0.4 is 5.32 Å². The molecule has 0 fully saturated rings. The predicted molar refractivity (Wildman–Crippen MR) is 69.2 cm³/mol. The second kappa shape index (κ2) is 5.87. The van der Waals surface area contributed by atoms with Crippen LogP contribution in [-0.4, -0.2) is 17.3 Å². The van der Waals surface area contributed by atoms with E-state index in [0.29, 0.717) is 10.0 Å². The van der Waals surface area contributed by atoms with Crippen LogP contribution in [0, 0.1) is 0 Å². The highest BCUT2D eigenvalue weighted by Crippen LogP contribution is 2.26. The Morgan fingerprint density at radius 1 is 1.19 bits per heavy atom. The second-order valence-electron chi connectivity index (χ2n) is 4.08. The van der Waals surface area contributed by atoms with Crippen molar-refractivity contribution in [3.8, 4) is 0 Å². The molecule has 0 bridgehead atoms. The van der Waals surface area contributed by atoms with E-state index in [1.165, 1.54) is 0 Å². The van der Waals surface area contributed by atoms with Crippen molar-refractivity contribution in [2.24, 2.45) is 0 Å². The maximum atomic E-state index is 9.41. The molecule has 1 aromatic carbocycles. The quantitative estimate of drug-likeness (QED) is 0.871. The summed E-state index contributed by atoms with van der Waals surface area (Å²) in [5.41, 5.74) is 0.985. The van der Waals surface area contributed by atoms with Gasteiger partial charge in [-0.05, 0) is 38.5 Å². The maximum absolute atomic E-state index is 9.41. The molecule has 0 amide bonds. The molecule has 4 heteroatoms. The summed E-state index contributed by atoms with van der Waals surface area (Å²) in [7, 11) is 0. The third-order valence-corrected chi connectivity index (χ3v) is 3.23. The minimum atomic E-state index is -0.395. The Kier molecular flexibility index (Phi) is 5.06. The van der Waals surface area contributed by atoms with E-state index in [2.05, 4.69) is 5.32 Å². The lowest BCUT2D eigenvalue weighted by Crippen LogP contribution is -2.37. The summed E-state index contributed by atoms with van der Waals surface area (Å²) >= 11 is 11.9. The lowest BCUT2D eigenvalue weighted by Gasteiger charge is -2.23. The first-order valence-corrected chi connectivity index (χ1v) is 6.06. The molecule has 0 aliphatic heterocycles. The molecule has 2 nitrogen and oxygen atoms in total. The number of hydrogen-bond donors (Lipinski definition) is 2. The van der Waals surface area contributed by atoms with Crippen molar-refractivity contribution in [3.05, 3.63) is 33.8 Å². The third kappa shape index (κ3) is 3.63. The van der Waals surface area contributed by atoms with Crippen LogP contribution in [0.1, 0.15) is 32.4 Å². The number of rotatable bonds is 4. The summed E-state index contributed by atoms with van der Waals surface area (Å²) in [4.78, 5) is 0. The van der Waals surface area contributed by atoms with Gasteiger partial charge in [0.25, 0.3) is 0 Å². The number of halogens is 2. The lowest BCUT2D eigenvalue weighted by molar-refractivity contribution is 0.147. The predicted octanol–water partition coefficient (Wildman–Crippen LogP) is 3.41. The summed E-state index contributed by atoms with van der Waals surface area (Å²) < 4.78 is 0. The first-order valence-electron chi connectivity index (χ1n) is 5.31. The number of aliphatic hydroxyl groups is 1. The Morgan fingerprint density at radius 3 is 2.31 bits per heavy atom. The highest BCUT2D eigenvalue weighted by molar-refractivity contribution is 6.35. The van der Waals surface area contributed by atoms with Crippen molar-refractivity contribution in [2.45, 2.75) is 39.0 Å². The van der Waals surface area contributed by atoms with Gasteiger partial charge < -0.3 is 10.4 Å². The number of benzene rings is 1. The fraction of sp³-hybridized carbons (Fsp3) is 0.500. The largest absolute Gasteiger partial charge is 0.392 e. The molecule has 0 heterocycles. The molecular weight excluding hydrogens is 245 g/mol. The molecule has 0 saturated carbocycles. The molecule has 0 saturated heterocycles. The van der Waals surface area contributed by atoms with Crippen molar-refractivity contribution in [3.63, 3.8) is 0 Å². The molecule has 3 atom stereocenters. The molecular formula is C12H17Cl2NO. The molecule has 16 heavy (non-hydrogen) atoms.